The zero-order valence-electron chi connectivity index (χ0n) is 20.7. The van der Waals surface area contributed by atoms with Gasteiger partial charge in [-0.3, -0.25) is 14.4 Å². The monoisotopic (exact) mass is 486 g/mol. The van der Waals surface area contributed by atoms with Gasteiger partial charge in [0.15, 0.2) is 17.6 Å². The molecule has 0 radical (unpaired) electrons. The Morgan fingerprint density at radius 2 is 1.61 bits per heavy atom. The summed E-state index contributed by atoms with van der Waals surface area (Å²) in [6, 6.07) is 22.1. The molecule has 5 rings (SSSR count). The molecule has 2 heterocycles. The van der Waals surface area contributed by atoms with Crippen LogP contribution in [0.25, 0.3) is 0 Å². The third-order valence-corrected chi connectivity index (χ3v) is 6.46. The molecule has 2 aliphatic heterocycles. The van der Waals surface area contributed by atoms with Gasteiger partial charge in [-0.2, -0.15) is 0 Å². The number of carbonyl (C=O) groups excluding carboxylic acids is 2. The zero-order valence-corrected chi connectivity index (χ0v) is 20.7. The Balaban J connectivity index is 1.58. The minimum Gasteiger partial charge on any atom is -0.490 e. The number of hydroxylamine groups is 1. The van der Waals surface area contributed by atoms with Gasteiger partial charge in [0, 0.05) is 0 Å². The van der Waals surface area contributed by atoms with Gasteiger partial charge < -0.3 is 9.47 Å². The Bertz CT molecular complexity index is 1260. The summed E-state index contributed by atoms with van der Waals surface area (Å²) in [5, 5.41) is 1.69. The molecule has 186 valence electrons. The van der Waals surface area contributed by atoms with Crippen LogP contribution < -0.4 is 19.4 Å². The summed E-state index contributed by atoms with van der Waals surface area (Å²) < 4.78 is 11.8. The molecule has 36 heavy (non-hydrogen) atoms. The van der Waals surface area contributed by atoms with Gasteiger partial charge in [0.05, 0.1) is 30.6 Å². The SMILES string of the molecule is CCCOc1ccc([C@H]2[C@H]3C(=O)N(c4cccc(C)c4)C(=O)[C@@H]3ON2c2ccccc2)cc1OCC. The summed E-state index contributed by atoms with van der Waals surface area (Å²) in [4.78, 5) is 34.9. The number of hydrogen-bond acceptors (Lipinski definition) is 6. The van der Waals surface area contributed by atoms with Crippen LogP contribution in [0.5, 0.6) is 11.5 Å². The predicted molar refractivity (Wildman–Crippen MR) is 137 cm³/mol. The molecule has 7 nitrogen and oxygen atoms in total. The summed E-state index contributed by atoms with van der Waals surface area (Å²) in [5.74, 6) is -0.0861. The number of para-hydroxylation sites is 1. The average molecular weight is 487 g/mol. The number of aryl methyl sites for hydroxylation is 1. The molecule has 2 saturated heterocycles. The van der Waals surface area contributed by atoms with Gasteiger partial charge in [-0.1, -0.05) is 43.3 Å². The van der Waals surface area contributed by atoms with E-state index in [1.165, 1.54) is 4.90 Å². The fraction of sp³-hybridized carbons (Fsp3) is 0.310. The van der Waals surface area contributed by atoms with Gasteiger partial charge in [-0.25, -0.2) is 9.96 Å². The Morgan fingerprint density at radius 3 is 2.33 bits per heavy atom. The molecule has 0 saturated carbocycles. The second-order valence-electron chi connectivity index (χ2n) is 9.00. The molecule has 0 spiro atoms. The van der Waals surface area contributed by atoms with E-state index in [1.807, 2.05) is 87.5 Å². The molecule has 0 unspecified atom stereocenters. The molecule has 0 aliphatic carbocycles. The number of fused-ring (bicyclic) bond motifs is 1. The first-order valence-corrected chi connectivity index (χ1v) is 12.4. The van der Waals surface area contributed by atoms with Crippen molar-refractivity contribution in [1.29, 1.82) is 0 Å². The lowest BCUT2D eigenvalue weighted by Gasteiger charge is -2.29. The van der Waals surface area contributed by atoms with E-state index in [0.29, 0.717) is 30.4 Å². The number of hydrogen-bond donors (Lipinski definition) is 0. The van der Waals surface area contributed by atoms with E-state index >= 15 is 0 Å². The number of anilines is 2. The van der Waals surface area contributed by atoms with Crippen molar-refractivity contribution in [3.05, 3.63) is 83.9 Å². The molecule has 2 aliphatic rings. The first-order valence-electron chi connectivity index (χ1n) is 12.4. The molecule has 2 amide bonds. The number of rotatable bonds is 8. The Hall–Kier alpha value is -3.84. The summed E-state index contributed by atoms with van der Waals surface area (Å²) >= 11 is 0. The molecule has 0 bridgehead atoms. The summed E-state index contributed by atoms with van der Waals surface area (Å²) in [5.41, 5.74) is 3.11. The molecule has 0 N–H and O–H groups in total. The summed E-state index contributed by atoms with van der Waals surface area (Å²) in [6.07, 6.45) is -0.0458. The quantitative estimate of drug-likeness (QED) is 0.406. The van der Waals surface area contributed by atoms with Crippen molar-refractivity contribution < 1.29 is 23.9 Å². The van der Waals surface area contributed by atoms with Crippen molar-refractivity contribution in [2.75, 3.05) is 23.2 Å². The standard InChI is InChI=1S/C29H30N2O5/c1-4-16-35-23-15-14-20(18-24(23)34-5-2)26-25-27(36-31(26)21-11-7-6-8-12-21)29(33)30(28(25)32)22-13-9-10-19(3)17-22/h6-15,17-18,25-27H,4-5,16H2,1-3H3/t25-,26+,27-/m1/s1. The highest BCUT2D eigenvalue weighted by Gasteiger charge is 2.60. The van der Waals surface area contributed by atoms with Gasteiger partial charge in [0.1, 0.15) is 5.92 Å². The lowest BCUT2D eigenvalue weighted by molar-refractivity contribution is -0.126. The van der Waals surface area contributed by atoms with Crippen molar-refractivity contribution in [2.24, 2.45) is 5.92 Å². The van der Waals surface area contributed by atoms with Crippen LogP contribution in [0.2, 0.25) is 0 Å². The maximum atomic E-state index is 13.8. The zero-order chi connectivity index (χ0) is 25.2. The van der Waals surface area contributed by atoms with Gasteiger partial charge in [0.2, 0.25) is 5.91 Å². The second-order valence-corrected chi connectivity index (χ2v) is 9.00. The Labute approximate surface area is 211 Å². The van der Waals surface area contributed by atoms with E-state index in [9.17, 15) is 9.59 Å². The normalized spacial score (nSPS) is 21.1. The first kappa shape index (κ1) is 23.9. The maximum absolute atomic E-state index is 13.8. The highest BCUT2D eigenvalue weighted by atomic mass is 16.7. The minimum absolute atomic E-state index is 0.275. The number of amides is 2. The van der Waals surface area contributed by atoms with Crippen LogP contribution >= 0.6 is 0 Å². The van der Waals surface area contributed by atoms with Gasteiger partial charge in [-0.05, 0) is 67.8 Å². The Kier molecular flexibility index (Phi) is 6.65. The van der Waals surface area contributed by atoms with Crippen molar-refractivity contribution in [2.45, 2.75) is 39.3 Å². The van der Waals surface area contributed by atoms with Crippen LogP contribution in [0, 0.1) is 12.8 Å². The Morgan fingerprint density at radius 1 is 0.833 bits per heavy atom. The number of benzene rings is 3. The number of carbonyl (C=O) groups is 2. The highest BCUT2D eigenvalue weighted by molar-refractivity contribution is 6.24. The van der Waals surface area contributed by atoms with Crippen LogP contribution in [0.4, 0.5) is 11.4 Å². The molecule has 3 aromatic rings. The third-order valence-electron chi connectivity index (χ3n) is 6.46. The molecule has 7 heteroatoms. The predicted octanol–water partition coefficient (Wildman–Crippen LogP) is 5.23. The molecule has 3 atom stereocenters. The summed E-state index contributed by atoms with van der Waals surface area (Å²) in [7, 11) is 0. The van der Waals surface area contributed by atoms with Crippen molar-refractivity contribution in [1.82, 2.24) is 0 Å². The summed E-state index contributed by atoms with van der Waals surface area (Å²) in [6.45, 7) is 6.94. The number of nitrogens with zero attached hydrogens (tertiary/aromatic N) is 2. The van der Waals surface area contributed by atoms with Crippen molar-refractivity contribution >= 4 is 23.2 Å². The van der Waals surface area contributed by atoms with Crippen LogP contribution in [-0.4, -0.2) is 31.1 Å². The number of imide groups is 1. The van der Waals surface area contributed by atoms with E-state index < -0.39 is 18.1 Å². The van der Waals surface area contributed by atoms with E-state index in [4.69, 9.17) is 14.3 Å². The molecular weight excluding hydrogens is 456 g/mol. The first-order chi connectivity index (χ1) is 17.5. The second kappa shape index (κ2) is 10.0. The van der Waals surface area contributed by atoms with Gasteiger partial charge in [0.25, 0.3) is 5.91 Å². The molecular formula is C29H30N2O5. The molecule has 2 fully saturated rings. The topological polar surface area (TPSA) is 68.3 Å². The van der Waals surface area contributed by atoms with Crippen LogP contribution in [-0.2, 0) is 14.4 Å². The molecule has 0 aromatic heterocycles. The lowest BCUT2D eigenvalue weighted by atomic mass is 9.90. The number of ether oxygens (including phenoxy) is 2. The third kappa shape index (κ3) is 4.20. The van der Waals surface area contributed by atoms with E-state index in [0.717, 1.165) is 23.2 Å². The van der Waals surface area contributed by atoms with Crippen LogP contribution in [0.1, 0.15) is 37.4 Å². The maximum Gasteiger partial charge on any atom is 0.266 e. The minimum atomic E-state index is -0.922. The van der Waals surface area contributed by atoms with Crippen molar-refractivity contribution in [3.8, 4) is 11.5 Å². The van der Waals surface area contributed by atoms with Gasteiger partial charge in [-0.15, -0.1) is 0 Å². The van der Waals surface area contributed by atoms with Gasteiger partial charge >= 0.3 is 0 Å². The average Bonchev–Trinajstić information content (AvgIpc) is 3.39. The highest BCUT2D eigenvalue weighted by Crippen LogP contribution is 2.48. The smallest absolute Gasteiger partial charge is 0.266 e. The lowest BCUT2D eigenvalue weighted by Crippen LogP contribution is -2.37. The largest absolute Gasteiger partial charge is 0.490 e. The van der Waals surface area contributed by atoms with E-state index in [1.54, 1.807) is 11.1 Å². The van der Waals surface area contributed by atoms with E-state index in [-0.39, 0.29) is 11.8 Å². The van der Waals surface area contributed by atoms with E-state index in [2.05, 4.69) is 0 Å². The fourth-order valence-electron chi connectivity index (χ4n) is 4.88. The fourth-order valence-corrected chi connectivity index (χ4v) is 4.88. The molecule has 3 aromatic carbocycles. The van der Waals surface area contributed by atoms with Crippen LogP contribution in [0.15, 0.2) is 72.8 Å². The van der Waals surface area contributed by atoms with Crippen LogP contribution in [0.3, 0.4) is 0 Å². The van der Waals surface area contributed by atoms with Crippen molar-refractivity contribution in [3.63, 3.8) is 0 Å².